The van der Waals surface area contributed by atoms with Gasteiger partial charge in [-0.3, -0.25) is 9.10 Å². The molecule has 7 nitrogen and oxygen atoms in total. The van der Waals surface area contributed by atoms with Crippen molar-refractivity contribution in [1.82, 2.24) is 5.32 Å². The molecule has 0 bridgehead atoms. The van der Waals surface area contributed by atoms with Crippen molar-refractivity contribution in [3.63, 3.8) is 0 Å². The molecule has 0 fully saturated rings. The van der Waals surface area contributed by atoms with Crippen molar-refractivity contribution in [3.05, 3.63) is 53.1 Å². The highest BCUT2D eigenvalue weighted by Crippen LogP contribution is 2.32. The molecular formula is C19H22N2O5S. The molecule has 0 saturated heterocycles. The van der Waals surface area contributed by atoms with Crippen molar-refractivity contribution in [2.75, 3.05) is 30.4 Å². The summed E-state index contributed by atoms with van der Waals surface area (Å²) in [7, 11) is -3.48. The first-order valence-electron chi connectivity index (χ1n) is 8.48. The van der Waals surface area contributed by atoms with E-state index in [1.165, 1.54) is 4.31 Å². The molecule has 1 aliphatic rings. The first-order valence-corrected chi connectivity index (χ1v) is 10.3. The summed E-state index contributed by atoms with van der Waals surface area (Å²) in [5.74, 6) is 0.822. The topological polar surface area (TPSA) is 84.9 Å². The Morgan fingerprint density at radius 2 is 1.85 bits per heavy atom. The number of rotatable bonds is 6. The number of carbonyl (C=O) groups is 1. The largest absolute Gasteiger partial charge is 0.454 e. The number of sulfonamides is 1. The Morgan fingerprint density at radius 1 is 1.11 bits per heavy atom. The third-order valence-corrected chi connectivity index (χ3v) is 5.44. The van der Waals surface area contributed by atoms with E-state index < -0.39 is 10.0 Å². The zero-order valence-electron chi connectivity index (χ0n) is 15.5. The van der Waals surface area contributed by atoms with E-state index in [1.54, 1.807) is 24.3 Å². The smallest absolute Gasteiger partial charge is 0.251 e. The van der Waals surface area contributed by atoms with Gasteiger partial charge in [-0.25, -0.2) is 8.42 Å². The van der Waals surface area contributed by atoms with Crippen LogP contribution in [0.15, 0.2) is 36.4 Å². The van der Waals surface area contributed by atoms with Gasteiger partial charge in [-0.05, 0) is 43.7 Å². The van der Waals surface area contributed by atoms with Crippen LogP contribution in [0.4, 0.5) is 5.69 Å². The van der Waals surface area contributed by atoms with Crippen LogP contribution in [0.25, 0.3) is 0 Å². The highest BCUT2D eigenvalue weighted by molar-refractivity contribution is 7.92. The standard InChI is InChI=1S/C19H22N2O5S/c1-13-4-6-16(14(2)10-13)21(27(3,23)24)9-8-20-19(22)15-5-7-17-18(11-15)26-12-25-17/h4-7,10-11H,8-9,12H2,1-3H3,(H,20,22). The van der Waals surface area contributed by atoms with Gasteiger partial charge in [0, 0.05) is 12.1 Å². The monoisotopic (exact) mass is 390 g/mol. The van der Waals surface area contributed by atoms with Crippen molar-refractivity contribution in [2.24, 2.45) is 0 Å². The summed E-state index contributed by atoms with van der Waals surface area (Å²) in [5, 5.41) is 2.75. The minimum Gasteiger partial charge on any atom is -0.454 e. The maximum atomic E-state index is 12.3. The molecule has 0 aliphatic carbocycles. The van der Waals surface area contributed by atoms with Gasteiger partial charge in [0.25, 0.3) is 5.91 Å². The average Bonchev–Trinajstić information content (AvgIpc) is 3.06. The SMILES string of the molecule is Cc1ccc(N(CCNC(=O)c2ccc3c(c2)OCO3)S(C)(=O)=O)c(C)c1. The molecule has 0 saturated carbocycles. The first-order chi connectivity index (χ1) is 12.8. The number of amides is 1. The van der Waals surface area contributed by atoms with Gasteiger partial charge in [0.1, 0.15) is 0 Å². The van der Waals surface area contributed by atoms with Gasteiger partial charge in [-0.2, -0.15) is 0 Å². The van der Waals surface area contributed by atoms with Gasteiger partial charge >= 0.3 is 0 Å². The molecule has 2 aromatic carbocycles. The van der Waals surface area contributed by atoms with Crippen LogP contribution in [-0.2, 0) is 10.0 Å². The molecule has 0 radical (unpaired) electrons. The lowest BCUT2D eigenvalue weighted by atomic mass is 10.1. The number of nitrogens with one attached hydrogen (secondary N) is 1. The van der Waals surface area contributed by atoms with E-state index in [4.69, 9.17) is 9.47 Å². The van der Waals surface area contributed by atoms with Crippen molar-refractivity contribution in [2.45, 2.75) is 13.8 Å². The van der Waals surface area contributed by atoms with Crippen LogP contribution in [0.2, 0.25) is 0 Å². The maximum Gasteiger partial charge on any atom is 0.251 e. The van der Waals surface area contributed by atoms with Crippen LogP contribution in [0.1, 0.15) is 21.5 Å². The Kier molecular flexibility index (Phi) is 5.27. The van der Waals surface area contributed by atoms with E-state index >= 15 is 0 Å². The predicted molar refractivity (Wildman–Crippen MR) is 103 cm³/mol. The van der Waals surface area contributed by atoms with E-state index in [-0.39, 0.29) is 25.8 Å². The lowest BCUT2D eigenvalue weighted by Gasteiger charge is -2.24. The summed E-state index contributed by atoms with van der Waals surface area (Å²) in [5.41, 5.74) is 2.96. The fourth-order valence-electron chi connectivity index (χ4n) is 2.96. The average molecular weight is 390 g/mol. The van der Waals surface area contributed by atoms with E-state index in [9.17, 15) is 13.2 Å². The molecule has 0 aromatic heterocycles. The second-order valence-corrected chi connectivity index (χ2v) is 8.36. The molecule has 1 N–H and O–H groups in total. The summed E-state index contributed by atoms with van der Waals surface area (Å²) in [6, 6.07) is 10.5. The number of benzene rings is 2. The van der Waals surface area contributed by atoms with E-state index in [2.05, 4.69) is 5.32 Å². The summed E-state index contributed by atoms with van der Waals surface area (Å²) < 4.78 is 36.3. The molecule has 1 heterocycles. The Labute approximate surface area is 158 Å². The number of hydrogen-bond acceptors (Lipinski definition) is 5. The van der Waals surface area contributed by atoms with Crippen molar-refractivity contribution >= 4 is 21.6 Å². The Hall–Kier alpha value is -2.74. The third kappa shape index (κ3) is 4.33. The molecule has 2 aromatic rings. The van der Waals surface area contributed by atoms with Crippen molar-refractivity contribution in [3.8, 4) is 11.5 Å². The highest BCUT2D eigenvalue weighted by Gasteiger charge is 2.20. The molecule has 0 unspecified atom stereocenters. The number of ether oxygens (including phenoxy) is 2. The van der Waals surface area contributed by atoms with Gasteiger partial charge in [0.15, 0.2) is 11.5 Å². The van der Waals surface area contributed by atoms with Gasteiger partial charge < -0.3 is 14.8 Å². The summed E-state index contributed by atoms with van der Waals surface area (Å²) in [4.78, 5) is 12.3. The molecule has 1 aliphatic heterocycles. The van der Waals surface area contributed by atoms with Gasteiger partial charge in [-0.1, -0.05) is 17.7 Å². The van der Waals surface area contributed by atoms with Crippen LogP contribution in [0.5, 0.6) is 11.5 Å². The summed E-state index contributed by atoms with van der Waals surface area (Å²) >= 11 is 0. The highest BCUT2D eigenvalue weighted by atomic mass is 32.2. The maximum absolute atomic E-state index is 12.3. The lowest BCUT2D eigenvalue weighted by molar-refractivity contribution is 0.0954. The molecular weight excluding hydrogens is 368 g/mol. The normalized spacial score (nSPS) is 12.7. The quantitative estimate of drug-likeness (QED) is 0.818. The van der Waals surface area contributed by atoms with E-state index in [1.807, 2.05) is 26.0 Å². The summed E-state index contributed by atoms with van der Waals surface area (Å²) in [6.45, 7) is 4.27. The van der Waals surface area contributed by atoms with Gasteiger partial charge in [0.05, 0.1) is 18.5 Å². The molecule has 3 rings (SSSR count). The first kappa shape index (κ1) is 19.0. The summed E-state index contributed by atoms with van der Waals surface area (Å²) in [6.07, 6.45) is 1.16. The second kappa shape index (κ2) is 7.48. The van der Waals surface area contributed by atoms with Gasteiger partial charge in [0.2, 0.25) is 16.8 Å². The second-order valence-electron chi connectivity index (χ2n) is 6.45. The van der Waals surface area contributed by atoms with Gasteiger partial charge in [-0.15, -0.1) is 0 Å². The zero-order valence-corrected chi connectivity index (χ0v) is 16.3. The van der Waals surface area contributed by atoms with Crippen LogP contribution < -0.4 is 19.1 Å². The molecule has 8 heteroatoms. The number of carbonyl (C=O) groups excluding carboxylic acids is 1. The van der Waals surface area contributed by atoms with E-state index in [0.717, 1.165) is 17.4 Å². The number of hydrogen-bond donors (Lipinski definition) is 1. The molecule has 144 valence electrons. The van der Waals surface area contributed by atoms with Crippen molar-refractivity contribution in [1.29, 1.82) is 0 Å². The number of aryl methyl sites for hydroxylation is 2. The Bertz CT molecular complexity index is 972. The van der Waals surface area contributed by atoms with Crippen LogP contribution in [-0.4, -0.2) is 40.5 Å². The Balaban J connectivity index is 1.68. The molecule has 0 spiro atoms. The minimum atomic E-state index is -3.48. The molecule has 0 atom stereocenters. The Morgan fingerprint density at radius 3 is 2.56 bits per heavy atom. The van der Waals surface area contributed by atoms with Crippen LogP contribution >= 0.6 is 0 Å². The lowest BCUT2D eigenvalue weighted by Crippen LogP contribution is -2.38. The van der Waals surface area contributed by atoms with Crippen LogP contribution in [0, 0.1) is 13.8 Å². The molecule has 1 amide bonds. The zero-order chi connectivity index (χ0) is 19.6. The van der Waals surface area contributed by atoms with Crippen molar-refractivity contribution < 1.29 is 22.7 Å². The molecule has 27 heavy (non-hydrogen) atoms. The predicted octanol–water partition coefficient (Wildman–Crippen LogP) is 2.23. The minimum absolute atomic E-state index is 0.138. The third-order valence-electron chi connectivity index (χ3n) is 4.26. The fourth-order valence-corrected chi connectivity index (χ4v) is 3.95. The van der Waals surface area contributed by atoms with E-state index in [0.29, 0.717) is 22.7 Å². The van der Waals surface area contributed by atoms with Crippen LogP contribution in [0.3, 0.4) is 0 Å². The number of fused-ring (bicyclic) bond motifs is 1. The number of anilines is 1. The number of nitrogens with zero attached hydrogens (tertiary/aromatic N) is 1. The fraction of sp³-hybridized carbons (Fsp3) is 0.316.